The van der Waals surface area contributed by atoms with Crippen LogP contribution in [-0.4, -0.2) is 13.4 Å². The van der Waals surface area contributed by atoms with Crippen molar-refractivity contribution >= 4 is 17.1 Å². The van der Waals surface area contributed by atoms with Crippen molar-refractivity contribution in [3.05, 3.63) is 42.0 Å². The van der Waals surface area contributed by atoms with Gasteiger partial charge in [-0.2, -0.15) is 0 Å². The average Bonchev–Trinajstić information content (AvgIpc) is 2.54. The van der Waals surface area contributed by atoms with E-state index < -0.39 is 0 Å². The van der Waals surface area contributed by atoms with E-state index in [-0.39, 0.29) is 5.92 Å². The van der Waals surface area contributed by atoms with Crippen molar-refractivity contribution in [2.24, 2.45) is 5.92 Å². The molecular formula is C18H20O2. The van der Waals surface area contributed by atoms with Gasteiger partial charge in [0.15, 0.2) is 0 Å². The minimum Gasteiger partial charge on any atom is -0.496 e. The number of carbonyl (C=O) groups is 1. The van der Waals surface area contributed by atoms with Gasteiger partial charge in [-0.05, 0) is 48.6 Å². The molecule has 0 aromatic heterocycles. The maximum atomic E-state index is 10.9. The number of hydrogen-bond acceptors (Lipinski definition) is 2. The predicted octanol–water partition coefficient (Wildman–Crippen LogP) is 4.32. The van der Waals surface area contributed by atoms with Crippen molar-refractivity contribution in [3.63, 3.8) is 0 Å². The molecule has 2 aromatic carbocycles. The molecule has 0 amide bonds. The Balaban J connectivity index is 1.98. The fourth-order valence-electron chi connectivity index (χ4n) is 3.40. The van der Waals surface area contributed by atoms with Crippen molar-refractivity contribution in [1.29, 1.82) is 0 Å². The SMILES string of the molecule is COc1ccc(C2CCC(C=O)CC2)c2ccccc12. The molecular weight excluding hydrogens is 248 g/mol. The second-order valence-corrected chi connectivity index (χ2v) is 5.65. The van der Waals surface area contributed by atoms with Crippen molar-refractivity contribution < 1.29 is 9.53 Å². The number of aldehydes is 1. The molecule has 0 heterocycles. The number of carbonyl (C=O) groups excluding carboxylic acids is 1. The highest BCUT2D eigenvalue weighted by atomic mass is 16.5. The number of fused-ring (bicyclic) bond motifs is 1. The van der Waals surface area contributed by atoms with Crippen LogP contribution >= 0.6 is 0 Å². The lowest BCUT2D eigenvalue weighted by Gasteiger charge is -2.27. The molecule has 20 heavy (non-hydrogen) atoms. The highest BCUT2D eigenvalue weighted by Crippen LogP contribution is 2.40. The van der Waals surface area contributed by atoms with E-state index in [4.69, 9.17) is 4.74 Å². The Morgan fingerprint density at radius 3 is 2.35 bits per heavy atom. The summed E-state index contributed by atoms with van der Waals surface area (Å²) in [6, 6.07) is 12.7. The molecule has 3 rings (SSSR count). The standard InChI is InChI=1S/C18H20O2/c1-20-18-11-10-15(16-4-2-3-5-17(16)18)14-8-6-13(12-19)7-9-14/h2-5,10-14H,6-9H2,1H3. The van der Waals surface area contributed by atoms with E-state index in [1.807, 2.05) is 0 Å². The zero-order valence-corrected chi connectivity index (χ0v) is 11.8. The van der Waals surface area contributed by atoms with Crippen LogP contribution in [0.3, 0.4) is 0 Å². The van der Waals surface area contributed by atoms with Crippen LogP contribution in [0, 0.1) is 5.92 Å². The average molecular weight is 268 g/mol. The Morgan fingerprint density at radius 1 is 1.00 bits per heavy atom. The molecule has 0 atom stereocenters. The Morgan fingerprint density at radius 2 is 1.70 bits per heavy atom. The van der Waals surface area contributed by atoms with Gasteiger partial charge in [0.1, 0.15) is 12.0 Å². The van der Waals surface area contributed by atoms with Crippen LogP contribution in [0.2, 0.25) is 0 Å². The number of ether oxygens (including phenoxy) is 1. The van der Waals surface area contributed by atoms with Gasteiger partial charge in [0.25, 0.3) is 0 Å². The minimum absolute atomic E-state index is 0.274. The molecule has 2 heteroatoms. The lowest BCUT2D eigenvalue weighted by molar-refractivity contribution is -0.111. The first-order valence-corrected chi connectivity index (χ1v) is 7.34. The summed E-state index contributed by atoms with van der Waals surface area (Å²) in [6.07, 6.45) is 5.39. The molecule has 104 valence electrons. The van der Waals surface area contributed by atoms with Crippen LogP contribution in [0.1, 0.15) is 37.2 Å². The fourth-order valence-corrected chi connectivity index (χ4v) is 3.40. The smallest absolute Gasteiger partial charge is 0.126 e. The van der Waals surface area contributed by atoms with Crippen molar-refractivity contribution in [2.75, 3.05) is 7.11 Å². The second kappa shape index (κ2) is 5.66. The van der Waals surface area contributed by atoms with E-state index in [9.17, 15) is 4.79 Å². The van der Waals surface area contributed by atoms with Crippen LogP contribution in [0.4, 0.5) is 0 Å². The molecule has 0 aliphatic heterocycles. The molecule has 2 aromatic rings. The summed E-state index contributed by atoms with van der Waals surface area (Å²) in [7, 11) is 1.72. The highest BCUT2D eigenvalue weighted by molar-refractivity contribution is 5.91. The Kier molecular flexibility index (Phi) is 3.72. The molecule has 1 aliphatic rings. The number of rotatable bonds is 3. The van der Waals surface area contributed by atoms with Crippen molar-refractivity contribution in [2.45, 2.75) is 31.6 Å². The number of methoxy groups -OCH3 is 1. The van der Waals surface area contributed by atoms with Crippen LogP contribution in [0.15, 0.2) is 36.4 Å². The van der Waals surface area contributed by atoms with Gasteiger partial charge < -0.3 is 9.53 Å². The van der Waals surface area contributed by atoms with Gasteiger partial charge in [-0.25, -0.2) is 0 Å². The van der Waals surface area contributed by atoms with E-state index in [2.05, 4.69) is 36.4 Å². The zero-order valence-electron chi connectivity index (χ0n) is 11.8. The Bertz CT molecular complexity index is 610. The minimum atomic E-state index is 0.274. The number of benzene rings is 2. The first-order chi connectivity index (χ1) is 9.83. The van der Waals surface area contributed by atoms with E-state index >= 15 is 0 Å². The lowest BCUT2D eigenvalue weighted by atomic mass is 9.78. The van der Waals surface area contributed by atoms with Crippen molar-refractivity contribution in [1.82, 2.24) is 0 Å². The van der Waals surface area contributed by atoms with Crippen molar-refractivity contribution in [3.8, 4) is 5.75 Å². The lowest BCUT2D eigenvalue weighted by Crippen LogP contribution is -2.14. The quantitative estimate of drug-likeness (QED) is 0.775. The van der Waals surface area contributed by atoms with Gasteiger partial charge in [-0.3, -0.25) is 0 Å². The summed E-state index contributed by atoms with van der Waals surface area (Å²) in [4.78, 5) is 10.9. The summed E-state index contributed by atoms with van der Waals surface area (Å²) < 4.78 is 5.46. The largest absolute Gasteiger partial charge is 0.496 e. The van der Waals surface area contributed by atoms with Crippen LogP contribution in [0.5, 0.6) is 5.75 Å². The number of hydrogen-bond donors (Lipinski definition) is 0. The molecule has 2 nitrogen and oxygen atoms in total. The Hall–Kier alpha value is -1.83. The topological polar surface area (TPSA) is 26.3 Å². The van der Waals surface area contributed by atoms with Gasteiger partial charge in [0.2, 0.25) is 0 Å². The van der Waals surface area contributed by atoms with Crippen LogP contribution in [-0.2, 0) is 4.79 Å². The first-order valence-electron chi connectivity index (χ1n) is 7.34. The molecule has 1 saturated carbocycles. The molecule has 0 spiro atoms. The van der Waals surface area contributed by atoms with E-state index in [1.54, 1.807) is 7.11 Å². The third kappa shape index (κ3) is 2.31. The van der Waals surface area contributed by atoms with E-state index in [0.717, 1.165) is 37.7 Å². The predicted molar refractivity (Wildman–Crippen MR) is 81.3 cm³/mol. The maximum Gasteiger partial charge on any atom is 0.126 e. The summed E-state index contributed by atoms with van der Waals surface area (Å²) in [6.45, 7) is 0. The molecule has 0 unspecified atom stereocenters. The zero-order chi connectivity index (χ0) is 13.9. The van der Waals surface area contributed by atoms with Crippen LogP contribution < -0.4 is 4.74 Å². The third-order valence-electron chi connectivity index (χ3n) is 4.54. The molecule has 0 bridgehead atoms. The van der Waals surface area contributed by atoms with E-state index in [1.165, 1.54) is 16.3 Å². The van der Waals surface area contributed by atoms with Gasteiger partial charge in [-0.1, -0.05) is 30.3 Å². The van der Waals surface area contributed by atoms with Gasteiger partial charge in [0, 0.05) is 11.3 Å². The normalized spacial score (nSPS) is 22.6. The molecule has 0 radical (unpaired) electrons. The fraction of sp³-hybridized carbons (Fsp3) is 0.389. The molecule has 1 aliphatic carbocycles. The van der Waals surface area contributed by atoms with Gasteiger partial charge in [-0.15, -0.1) is 0 Å². The second-order valence-electron chi connectivity index (χ2n) is 5.65. The maximum absolute atomic E-state index is 10.9. The monoisotopic (exact) mass is 268 g/mol. The summed E-state index contributed by atoms with van der Waals surface area (Å²) in [5, 5.41) is 2.48. The van der Waals surface area contributed by atoms with Gasteiger partial charge >= 0.3 is 0 Å². The van der Waals surface area contributed by atoms with Crippen LogP contribution in [0.25, 0.3) is 10.8 Å². The molecule has 0 N–H and O–H groups in total. The summed E-state index contributed by atoms with van der Waals surface area (Å²) in [5.41, 5.74) is 1.41. The van der Waals surface area contributed by atoms with E-state index in [0.29, 0.717) is 5.92 Å². The highest BCUT2D eigenvalue weighted by Gasteiger charge is 2.23. The summed E-state index contributed by atoms with van der Waals surface area (Å²) in [5.74, 6) is 1.78. The third-order valence-corrected chi connectivity index (χ3v) is 4.54. The summed E-state index contributed by atoms with van der Waals surface area (Å²) >= 11 is 0. The first kappa shape index (κ1) is 13.2. The Labute approximate surface area is 119 Å². The molecule has 1 fully saturated rings. The van der Waals surface area contributed by atoms with Gasteiger partial charge in [0.05, 0.1) is 7.11 Å². The molecule has 0 saturated heterocycles.